The van der Waals surface area contributed by atoms with Gasteiger partial charge in [0, 0.05) is 16.6 Å². The molecule has 0 radical (unpaired) electrons. The number of benzene rings is 3. The second-order valence-corrected chi connectivity index (χ2v) is 11.5. The molecule has 1 amide bonds. The molecule has 1 aliphatic carbocycles. The van der Waals surface area contributed by atoms with Crippen LogP contribution in [0.5, 0.6) is 0 Å². The highest BCUT2D eigenvalue weighted by Crippen LogP contribution is 2.52. The van der Waals surface area contributed by atoms with Crippen molar-refractivity contribution in [3.8, 4) is 11.1 Å². The molecule has 0 spiro atoms. The summed E-state index contributed by atoms with van der Waals surface area (Å²) in [4.78, 5) is 24.2. The van der Waals surface area contributed by atoms with Gasteiger partial charge in [-0.15, -0.1) is 0 Å². The number of carboxylic acids is 1. The Hall–Kier alpha value is -3.40. The SMILES string of the molecule is CC(C)COC(=O)Nc1cccc([C@@H]2CC2(NS(=O)(=O)c2ccc(-c3ccc(Cl)cc3)cc2)C(=O)O)c1. The van der Waals surface area contributed by atoms with E-state index in [4.69, 9.17) is 16.3 Å². The van der Waals surface area contributed by atoms with Crippen LogP contribution in [0.4, 0.5) is 10.5 Å². The molecular weight excluding hydrogens is 516 g/mol. The van der Waals surface area contributed by atoms with Crippen LogP contribution >= 0.6 is 11.6 Å². The molecule has 1 saturated carbocycles. The molecule has 4 rings (SSSR count). The van der Waals surface area contributed by atoms with Crippen molar-refractivity contribution in [3.63, 3.8) is 0 Å². The predicted molar refractivity (Wildman–Crippen MR) is 141 cm³/mol. The van der Waals surface area contributed by atoms with E-state index in [1.807, 2.05) is 26.0 Å². The molecule has 0 bridgehead atoms. The van der Waals surface area contributed by atoms with Crippen LogP contribution in [0, 0.1) is 5.92 Å². The molecule has 0 aromatic heterocycles. The lowest BCUT2D eigenvalue weighted by Gasteiger charge is -2.16. The largest absolute Gasteiger partial charge is 0.480 e. The van der Waals surface area contributed by atoms with E-state index in [9.17, 15) is 23.1 Å². The number of anilines is 1. The van der Waals surface area contributed by atoms with Crippen molar-refractivity contribution < 1.29 is 27.9 Å². The van der Waals surface area contributed by atoms with E-state index in [2.05, 4.69) is 10.0 Å². The second-order valence-electron chi connectivity index (χ2n) is 9.41. The highest BCUT2D eigenvalue weighted by molar-refractivity contribution is 7.89. The molecule has 0 saturated heterocycles. The van der Waals surface area contributed by atoms with E-state index in [-0.39, 0.29) is 23.8 Å². The minimum Gasteiger partial charge on any atom is -0.480 e. The minimum absolute atomic E-state index is 0.0418. The summed E-state index contributed by atoms with van der Waals surface area (Å²) in [5.41, 5.74) is 0.990. The Morgan fingerprint density at radius 1 is 1.05 bits per heavy atom. The first-order valence-electron chi connectivity index (χ1n) is 11.7. The number of aliphatic carboxylic acids is 1. The van der Waals surface area contributed by atoms with Crippen LogP contribution in [0.15, 0.2) is 77.7 Å². The lowest BCUT2D eigenvalue weighted by atomic mass is 10.1. The van der Waals surface area contributed by atoms with E-state index in [1.54, 1.807) is 48.5 Å². The van der Waals surface area contributed by atoms with Gasteiger partial charge in [-0.3, -0.25) is 10.1 Å². The molecule has 194 valence electrons. The number of rotatable bonds is 9. The van der Waals surface area contributed by atoms with Crippen molar-refractivity contribution in [2.45, 2.75) is 36.6 Å². The zero-order chi connectivity index (χ0) is 26.8. The quantitative estimate of drug-likeness (QED) is 0.328. The van der Waals surface area contributed by atoms with Crippen molar-refractivity contribution in [2.75, 3.05) is 11.9 Å². The highest BCUT2D eigenvalue weighted by Gasteiger charge is 2.63. The van der Waals surface area contributed by atoms with Crippen LogP contribution in [0.2, 0.25) is 5.02 Å². The van der Waals surface area contributed by atoms with Crippen LogP contribution in [0.1, 0.15) is 31.7 Å². The zero-order valence-corrected chi connectivity index (χ0v) is 21.8. The smallest absolute Gasteiger partial charge is 0.411 e. The molecule has 10 heteroatoms. The maximum atomic E-state index is 13.1. The molecule has 1 fully saturated rings. The Morgan fingerprint density at radius 3 is 2.27 bits per heavy atom. The Morgan fingerprint density at radius 2 is 1.68 bits per heavy atom. The van der Waals surface area contributed by atoms with Crippen LogP contribution in [-0.2, 0) is 19.6 Å². The van der Waals surface area contributed by atoms with Gasteiger partial charge in [-0.1, -0.05) is 61.8 Å². The number of carbonyl (C=O) groups excluding carboxylic acids is 1. The summed E-state index contributed by atoms with van der Waals surface area (Å²) in [5.74, 6) is -1.70. The molecule has 0 heterocycles. The first kappa shape index (κ1) is 26.7. The molecule has 8 nitrogen and oxygen atoms in total. The summed E-state index contributed by atoms with van der Waals surface area (Å²) in [5, 5.41) is 13.2. The zero-order valence-electron chi connectivity index (χ0n) is 20.3. The van der Waals surface area contributed by atoms with Crippen molar-refractivity contribution in [2.24, 2.45) is 5.92 Å². The van der Waals surface area contributed by atoms with Crippen LogP contribution in [0.25, 0.3) is 11.1 Å². The van der Waals surface area contributed by atoms with Gasteiger partial charge in [-0.25, -0.2) is 13.2 Å². The predicted octanol–water partition coefficient (Wildman–Crippen LogP) is 5.50. The standard InChI is InChI=1S/C27H27ClN2O6S/c1-17(2)16-36-26(33)29-22-5-3-4-20(14-22)24-15-27(24,25(31)32)30-37(34,35)23-12-8-19(9-13-23)18-6-10-21(28)11-7-18/h3-14,17,24,30H,15-16H2,1-2H3,(H,29,33)(H,31,32)/t24-,27?/m0/s1. The molecule has 3 aromatic carbocycles. The van der Waals surface area contributed by atoms with Crippen molar-refractivity contribution >= 4 is 39.4 Å². The van der Waals surface area contributed by atoms with Crippen molar-refractivity contribution in [3.05, 3.63) is 83.4 Å². The van der Waals surface area contributed by atoms with Crippen LogP contribution in [-0.4, -0.2) is 37.7 Å². The third kappa shape index (κ3) is 6.12. The first-order chi connectivity index (χ1) is 17.5. The minimum atomic E-state index is -4.13. The number of hydrogen-bond donors (Lipinski definition) is 3. The number of sulfonamides is 1. The van der Waals surface area contributed by atoms with Gasteiger partial charge in [-0.05, 0) is 65.4 Å². The van der Waals surface area contributed by atoms with Gasteiger partial charge in [-0.2, -0.15) is 4.72 Å². The Labute approximate surface area is 220 Å². The van der Waals surface area contributed by atoms with Gasteiger partial charge in [0.15, 0.2) is 0 Å². The highest BCUT2D eigenvalue weighted by atomic mass is 35.5. The number of halogens is 1. The fraction of sp³-hybridized carbons (Fsp3) is 0.259. The van der Waals surface area contributed by atoms with E-state index in [1.165, 1.54) is 12.1 Å². The summed E-state index contributed by atoms with van der Waals surface area (Å²) in [6, 6.07) is 20.0. The molecule has 1 aliphatic rings. The second kappa shape index (κ2) is 10.5. The lowest BCUT2D eigenvalue weighted by Crippen LogP contribution is -2.44. The fourth-order valence-electron chi connectivity index (χ4n) is 4.06. The Bertz CT molecular complexity index is 1410. The Kier molecular flexibility index (Phi) is 7.59. The number of carbonyl (C=O) groups is 2. The molecule has 37 heavy (non-hydrogen) atoms. The van der Waals surface area contributed by atoms with E-state index < -0.39 is 33.5 Å². The van der Waals surface area contributed by atoms with E-state index in [0.29, 0.717) is 16.3 Å². The summed E-state index contributed by atoms with van der Waals surface area (Å²) in [7, 11) is -4.13. The lowest BCUT2D eigenvalue weighted by molar-refractivity contribution is -0.140. The summed E-state index contributed by atoms with van der Waals surface area (Å²) < 4.78 is 33.8. The number of amides is 1. The van der Waals surface area contributed by atoms with Gasteiger partial charge in [0.2, 0.25) is 10.0 Å². The van der Waals surface area contributed by atoms with Gasteiger partial charge < -0.3 is 9.84 Å². The average Bonchev–Trinajstić information content (AvgIpc) is 3.58. The maximum Gasteiger partial charge on any atom is 0.411 e. The molecule has 1 unspecified atom stereocenters. The normalized spacial score (nSPS) is 18.9. The summed E-state index contributed by atoms with van der Waals surface area (Å²) >= 11 is 5.93. The van der Waals surface area contributed by atoms with Crippen molar-refractivity contribution in [1.82, 2.24) is 4.72 Å². The molecular formula is C27H27ClN2O6S. The average molecular weight is 543 g/mol. The monoisotopic (exact) mass is 542 g/mol. The van der Waals surface area contributed by atoms with Crippen LogP contribution in [0.3, 0.4) is 0 Å². The summed E-state index contributed by atoms with van der Waals surface area (Å²) in [6.07, 6.45) is -0.542. The number of ether oxygens (including phenoxy) is 1. The maximum absolute atomic E-state index is 13.1. The van der Waals surface area contributed by atoms with Crippen LogP contribution < -0.4 is 10.0 Å². The molecule has 3 N–H and O–H groups in total. The number of carboxylic acid groups (broad SMARTS) is 1. The van der Waals surface area contributed by atoms with Crippen molar-refractivity contribution in [1.29, 1.82) is 0 Å². The third-order valence-electron chi connectivity index (χ3n) is 6.08. The molecule has 3 aromatic rings. The number of nitrogens with one attached hydrogen (secondary N) is 2. The van der Waals surface area contributed by atoms with Gasteiger partial charge >= 0.3 is 12.1 Å². The topological polar surface area (TPSA) is 122 Å². The van der Waals surface area contributed by atoms with Gasteiger partial charge in [0.05, 0.1) is 11.5 Å². The third-order valence-corrected chi connectivity index (χ3v) is 7.86. The van der Waals surface area contributed by atoms with Gasteiger partial charge in [0.25, 0.3) is 0 Å². The Balaban J connectivity index is 1.50. The van der Waals surface area contributed by atoms with E-state index >= 15 is 0 Å². The summed E-state index contributed by atoms with van der Waals surface area (Å²) in [6.45, 7) is 4.10. The molecule has 0 aliphatic heterocycles. The number of hydrogen-bond acceptors (Lipinski definition) is 5. The molecule has 2 atom stereocenters. The fourth-order valence-corrected chi connectivity index (χ4v) is 5.59. The first-order valence-corrected chi connectivity index (χ1v) is 13.5. The van der Waals surface area contributed by atoms with E-state index in [0.717, 1.165) is 11.1 Å². The van der Waals surface area contributed by atoms with Gasteiger partial charge in [0.1, 0.15) is 5.54 Å².